The highest BCUT2D eigenvalue weighted by Crippen LogP contribution is 2.31. The van der Waals surface area contributed by atoms with Crippen LogP contribution in [0.15, 0.2) is 0 Å². The van der Waals surface area contributed by atoms with E-state index in [0.29, 0.717) is 30.6 Å². The van der Waals surface area contributed by atoms with Gasteiger partial charge in [0.05, 0.1) is 36.6 Å². The van der Waals surface area contributed by atoms with Gasteiger partial charge >= 0.3 is 0 Å². The molecule has 0 saturated heterocycles. The Morgan fingerprint density at radius 3 is 0.839 bits per heavy atom. The van der Waals surface area contributed by atoms with Gasteiger partial charge in [0, 0.05) is 0 Å². The predicted octanol–water partition coefficient (Wildman–Crippen LogP) is 4.23. The Labute approximate surface area is 194 Å². The van der Waals surface area contributed by atoms with Crippen molar-refractivity contribution in [1.82, 2.24) is 0 Å². The van der Waals surface area contributed by atoms with Crippen molar-refractivity contribution in [2.24, 2.45) is 23.2 Å². The zero-order chi connectivity index (χ0) is 24.1. The van der Waals surface area contributed by atoms with E-state index in [4.69, 9.17) is 25.5 Å². The fraction of sp³-hybridized carbons (Fsp3) is 1.00. The molecule has 6 nitrogen and oxygen atoms in total. The lowest BCUT2D eigenvalue weighted by Crippen LogP contribution is -2.41. The molecule has 0 heterocycles. The first-order valence-corrected chi connectivity index (χ1v) is 11.0. The summed E-state index contributed by atoms with van der Waals surface area (Å²) in [5.41, 5.74) is -0.214. The average molecular weight is 457 g/mol. The monoisotopic (exact) mass is 456 g/mol. The predicted molar refractivity (Wildman–Crippen MR) is 134 cm³/mol. The molecule has 6 heteroatoms. The van der Waals surface area contributed by atoms with E-state index < -0.39 is 36.6 Å². The van der Waals surface area contributed by atoms with Gasteiger partial charge < -0.3 is 30.6 Å². The highest BCUT2D eigenvalue weighted by Gasteiger charge is 2.33. The second-order valence-electron chi connectivity index (χ2n) is 10.0. The third-order valence-electron chi connectivity index (χ3n) is 5.25. The Morgan fingerprint density at radius 2 is 0.774 bits per heavy atom. The number of hydrogen-bond acceptors (Lipinski definition) is 6. The highest BCUT2D eigenvalue weighted by atomic mass is 16.3. The number of hydrogen-bond donors (Lipinski definition) is 6. The minimum Gasteiger partial charge on any atom is -0.391 e. The van der Waals surface area contributed by atoms with Crippen molar-refractivity contribution < 1.29 is 30.6 Å². The third kappa shape index (κ3) is 22.7. The summed E-state index contributed by atoms with van der Waals surface area (Å²) in [6.07, 6.45) is -2.21. The van der Waals surface area contributed by atoms with Crippen LogP contribution in [0.5, 0.6) is 0 Å². The molecule has 0 aromatic carbocycles. The Hall–Kier alpha value is -0.240. The lowest BCUT2D eigenvalue weighted by atomic mass is 9.74. The molecule has 0 aliphatic carbocycles. The molecule has 196 valence electrons. The Balaban J connectivity index is -0.000000106. The summed E-state index contributed by atoms with van der Waals surface area (Å²) in [6, 6.07) is 0. The fourth-order valence-electron chi connectivity index (χ4n) is 2.32. The van der Waals surface area contributed by atoms with Crippen molar-refractivity contribution in [2.45, 2.75) is 140 Å². The van der Waals surface area contributed by atoms with Gasteiger partial charge in [0.15, 0.2) is 0 Å². The normalized spacial score (nSPS) is 17.0. The number of aliphatic hydroxyl groups excluding tert-OH is 6. The van der Waals surface area contributed by atoms with E-state index in [9.17, 15) is 5.11 Å². The fourth-order valence-corrected chi connectivity index (χ4v) is 2.32. The van der Waals surface area contributed by atoms with E-state index in [-0.39, 0.29) is 20.3 Å². The van der Waals surface area contributed by atoms with Gasteiger partial charge in [-0.2, -0.15) is 0 Å². The molecule has 6 N–H and O–H groups in total. The second-order valence-corrected chi connectivity index (χ2v) is 10.0. The summed E-state index contributed by atoms with van der Waals surface area (Å²) in [6.45, 7) is 20.9. The summed E-state index contributed by atoms with van der Waals surface area (Å²) in [7, 11) is 0. The SMILES string of the molecule is C.C.CC(C)C[C@@H](O)C(C)O.CC(C)C[C@H](O)C(C)O.CC(O)C(O)C(C)(C)C(C)C. The lowest BCUT2D eigenvalue weighted by molar-refractivity contribution is -0.0618. The molecule has 31 heavy (non-hydrogen) atoms. The minimum absolute atomic E-state index is 0. The molecule has 0 aromatic heterocycles. The standard InChI is InChI=1S/C9H20O2.2C7H16O2.2CH4/c1-6(2)9(4,5)8(11)7(3)10;2*1-5(2)4-7(9)6(3)8;;/h6-8,10-11H,1-5H3;2*5-9H,4H2,1-3H3;2*1H4/t;2*6?,7-;;/m.10../s1. The van der Waals surface area contributed by atoms with Crippen molar-refractivity contribution in [3.63, 3.8) is 0 Å². The summed E-state index contributed by atoms with van der Waals surface area (Å²) in [4.78, 5) is 0. The maximum absolute atomic E-state index is 9.57. The molecule has 0 bridgehead atoms. The van der Waals surface area contributed by atoms with Gasteiger partial charge in [-0.05, 0) is 56.8 Å². The van der Waals surface area contributed by atoms with Gasteiger partial charge in [-0.3, -0.25) is 0 Å². The first-order valence-electron chi connectivity index (χ1n) is 11.0. The molecule has 0 rings (SSSR count). The molecule has 0 spiro atoms. The molecule has 0 saturated carbocycles. The van der Waals surface area contributed by atoms with Crippen LogP contribution >= 0.6 is 0 Å². The Kier molecular flexibility index (Phi) is 27.0. The van der Waals surface area contributed by atoms with Crippen molar-refractivity contribution in [1.29, 1.82) is 0 Å². The summed E-state index contributed by atoms with van der Waals surface area (Å²) in [5, 5.41) is 54.5. The summed E-state index contributed by atoms with van der Waals surface area (Å²) >= 11 is 0. The zero-order valence-electron chi connectivity index (χ0n) is 20.8. The second kappa shape index (κ2) is 20.4. The average Bonchev–Trinajstić information content (AvgIpc) is 2.53. The Morgan fingerprint density at radius 1 is 0.516 bits per heavy atom. The summed E-state index contributed by atoms with van der Waals surface area (Å²) < 4.78 is 0. The van der Waals surface area contributed by atoms with E-state index in [1.54, 1.807) is 20.8 Å². The molecular weight excluding hydrogens is 396 g/mol. The molecule has 6 atom stereocenters. The molecule has 0 aromatic rings. The van der Waals surface area contributed by atoms with Crippen LogP contribution in [0.4, 0.5) is 0 Å². The molecule has 0 radical (unpaired) electrons. The first kappa shape index (κ1) is 41.1. The third-order valence-corrected chi connectivity index (χ3v) is 5.25. The van der Waals surface area contributed by atoms with E-state index in [1.165, 1.54) is 0 Å². The molecular formula is C25H60O6. The summed E-state index contributed by atoms with van der Waals surface area (Å²) in [5.74, 6) is 1.27. The van der Waals surface area contributed by atoms with Crippen LogP contribution in [-0.2, 0) is 0 Å². The van der Waals surface area contributed by atoms with Crippen LogP contribution in [0.2, 0.25) is 0 Å². The van der Waals surface area contributed by atoms with Crippen LogP contribution < -0.4 is 0 Å². The Bertz CT molecular complexity index is 345. The van der Waals surface area contributed by atoms with E-state index in [1.807, 2.05) is 55.4 Å². The molecule has 0 amide bonds. The van der Waals surface area contributed by atoms with Crippen LogP contribution in [0.1, 0.15) is 104 Å². The number of aliphatic hydroxyl groups is 6. The topological polar surface area (TPSA) is 121 Å². The zero-order valence-corrected chi connectivity index (χ0v) is 20.8. The largest absolute Gasteiger partial charge is 0.391 e. The smallest absolute Gasteiger partial charge is 0.0849 e. The van der Waals surface area contributed by atoms with Crippen LogP contribution in [0.25, 0.3) is 0 Å². The van der Waals surface area contributed by atoms with Crippen LogP contribution in [-0.4, -0.2) is 67.3 Å². The van der Waals surface area contributed by atoms with E-state index >= 15 is 0 Å². The van der Waals surface area contributed by atoms with E-state index in [2.05, 4.69) is 0 Å². The molecule has 4 unspecified atom stereocenters. The minimum atomic E-state index is -0.646. The van der Waals surface area contributed by atoms with Gasteiger partial charge in [-0.15, -0.1) is 0 Å². The van der Waals surface area contributed by atoms with Crippen LogP contribution in [0.3, 0.4) is 0 Å². The van der Waals surface area contributed by atoms with Crippen molar-refractivity contribution in [2.75, 3.05) is 0 Å². The first-order chi connectivity index (χ1) is 12.9. The van der Waals surface area contributed by atoms with Gasteiger partial charge in [-0.25, -0.2) is 0 Å². The van der Waals surface area contributed by atoms with E-state index in [0.717, 1.165) is 0 Å². The van der Waals surface area contributed by atoms with Crippen molar-refractivity contribution in [3.8, 4) is 0 Å². The lowest BCUT2D eigenvalue weighted by Gasteiger charge is -2.36. The maximum Gasteiger partial charge on any atom is 0.0849 e. The molecule has 0 aliphatic rings. The van der Waals surface area contributed by atoms with Gasteiger partial charge in [0.25, 0.3) is 0 Å². The molecule has 0 fully saturated rings. The van der Waals surface area contributed by atoms with Crippen molar-refractivity contribution in [3.05, 3.63) is 0 Å². The highest BCUT2D eigenvalue weighted by molar-refractivity contribution is 4.83. The van der Waals surface area contributed by atoms with Crippen LogP contribution in [0, 0.1) is 23.2 Å². The van der Waals surface area contributed by atoms with Gasteiger partial charge in [0.1, 0.15) is 0 Å². The molecule has 0 aliphatic heterocycles. The number of rotatable bonds is 9. The quantitative estimate of drug-likeness (QED) is 0.309. The van der Waals surface area contributed by atoms with Crippen molar-refractivity contribution >= 4 is 0 Å². The maximum atomic E-state index is 9.57. The van der Waals surface area contributed by atoms with Gasteiger partial charge in [0.2, 0.25) is 0 Å². The van der Waals surface area contributed by atoms with Gasteiger partial charge in [-0.1, -0.05) is 70.2 Å².